The molecule has 146 valence electrons. The van der Waals surface area contributed by atoms with Crippen LogP contribution in [0.25, 0.3) is 0 Å². The summed E-state index contributed by atoms with van der Waals surface area (Å²) in [4.78, 5) is 9.05. The fourth-order valence-electron chi connectivity index (χ4n) is 3.74. The molecule has 0 radical (unpaired) electrons. The fraction of sp³-hybridized carbons (Fsp3) is 0.500. The molecule has 1 aromatic heterocycles. The lowest BCUT2D eigenvalue weighted by atomic mass is 9.93. The molecule has 27 heavy (non-hydrogen) atoms. The minimum Gasteiger partial charge on any atom is -0.300 e. The molecule has 3 rings (SSSR count). The van der Waals surface area contributed by atoms with E-state index in [0.29, 0.717) is 12.1 Å². The zero-order valence-electron chi connectivity index (χ0n) is 16.3. The Morgan fingerprint density at radius 1 is 0.926 bits per heavy atom. The third kappa shape index (κ3) is 5.33. The van der Waals surface area contributed by atoms with E-state index in [9.17, 15) is 8.78 Å². The first kappa shape index (κ1) is 19.9. The lowest BCUT2D eigenvalue weighted by molar-refractivity contribution is 0.0476. The van der Waals surface area contributed by atoms with Gasteiger partial charge < -0.3 is 4.90 Å². The van der Waals surface area contributed by atoms with Gasteiger partial charge in [0.1, 0.15) is 11.6 Å². The molecule has 0 spiro atoms. The van der Waals surface area contributed by atoms with Crippen molar-refractivity contribution in [3.05, 3.63) is 65.5 Å². The van der Waals surface area contributed by atoms with Crippen molar-refractivity contribution in [2.45, 2.75) is 38.6 Å². The molecule has 0 saturated carbocycles. The normalized spacial score (nSPS) is 16.6. The smallest absolute Gasteiger partial charge is 0.144 e. The number of benzene rings is 1. The molecular weight excluding hydrogens is 344 g/mol. The van der Waals surface area contributed by atoms with Crippen molar-refractivity contribution >= 4 is 0 Å². The van der Waals surface area contributed by atoms with Crippen LogP contribution in [0.4, 0.5) is 8.78 Å². The summed E-state index contributed by atoms with van der Waals surface area (Å²) in [6.45, 7) is 9.26. The summed E-state index contributed by atoms with van der Waals surface area (Å²) in [6, 6.07) is 10.1. The Balaban J connectivity index is 1.46. The summed E-state index contributed by atoms with van der Waals surface area (Å²) in [5.41, 5.74) is 1.34. The standard InChI is InChI=1S/C22H29F2N3/c1-22(2,11-9-21-20(24)8-5-12-25-21)27-16-14-26(15-17-27)13-10-18-6-3-4-7-19(18)23/h3-8,12H,9-11,13-17H2,1-2H3. The Labute approximate surface area is 161 Å². The molecule has 2 heterocycles. The summed E-state index contributed by atoms with van der Waals surface area (Å²) in [5.74, 6) is -0.328. The van der Waals surface area contributed by atoms with Crippen molar-refractivity contribution in [1.82, 2.24) is 14.8 Å². The van der Waals surface area contributed by atoms with Gasteiger partial charge in [-0.2, -0.15) is 0 Å². The van der Waals surface area contributed by atoms with Gasteiger partial charge in [0.25, 0.3) is 0 Å². The maximum Gasteiger partial charge on any atom is 0.144 e. The Morgan fingerprint density at radius 3 is 2.33 bits per heavy atom. The van der Waals surface area contributed by atoms with Gasteiger partial charge in [-0.05, 0) is 56.9 Å². The second-order valence-corrected chi connectivity index (χ2v) is 7.91. The number of piperazine rings is 1. The topological polar surface area (TPSA) is 19.4 Å². The molecule has 0 unspecified atom stereocenters. The summed E-state index contributed by atoms with van der Waals surface area (Å²) < 4.78 is 27.6. The number of nitrogens with zero attached hydrogens (tertiary/aromatic N) is 3. The molecule has 3 nitrogen and oxygen atoms in total. The van der Waals surface area contributed by atoms with E-state index in [0.717, 1.165) is 51.1 Å². The SMILES string of the molecule is CC(C)(CCc1ncccc1F)N1CCN(CCc2ccccc2F)CC1. The molecular formula is C22H29F2N3. The highest BCUT2D eigenvalue weighted by atomic mass is 19.1. The lowest BCUT2D eigenvalue weighted by Gasteiger charge is -2.44. The number of hydrogen-bond acceptors (Lipinski definition) is 3. The monoisotopic (exact) mass is 373 g/mol. The average Bonchev–Trinajstić information content (AvgIpc) is 2.67. The van der Waals surface area contributed by atoms with E-state index in [2.05, 4.69) is 28.6 Å². The van der Waals surface area contributed by atoms with E-state index in [1.807, 2.05) is 12.1 Å². The first-order chi connectivity index (χ1) is 13.0. The van der Waals surface area contributed by atoms with Crippen molar-refractivity contribution < 1.29 is 8.78 Å². The fourth-order valence-corrected chi connectivity index (χ4v) is 3.74. The van der Waals surface area contributed by atoms with E-state index < -0.39 is 0 Å². The molecule has 2 aromatic rings. The van der Waals surface area contributed by atoms with Gasteiger partial charge in [0.15, 0.2) is 0 Å². The van der Waals surface area contributed by atoms with Gasteiger partial charge in [0, 0.05) is 44.5 Å². The zero-order chi connectivity index (χ0) is 19.3. The van der Waals surface area contributed by atoms with Crippen molar-refractivity contribution in [3.63, 3.8) is 0 Å². The predicted molar refractivity (Wildman–Crippen MR) is 105 cm³/mol. The maximum absolute atomic E-state index is 13.8. The van der Waals surface area contributed by atoms with Gasteiger partial charge >= 0.3 is 0 Å². The molecule has 0 bridgehead atoms. The van der Waals surface area contributed by atoms with Gasteiger partial charge in [0.2, 0.25) is 0 Å². The predicted octanol–water partition coefficient (Wildman–Crippen LogP) is 3.93. The molecule has 1 fully saturated rings. The minimum atomic E-state index is -0.216. The summed E-state index contributed by atoms with van der Waals surface area (Å²) in [5, 5.41) is 0. The van der Waals surface area contributed by atoms with Crippen LogP contribution in [0.15, 0.2) is 42.6 Å². The number of pyridine rings is 1. The number of halogens is 2. The zero-order valence-corrected chi connectivity index (χ0v) is 16.3. The van der Waals surface area contributed by atoms with Crippen LogP contribution in [0.2, 0.25) is 0 Å². The summed E-state index contributed by atoms with van der Waals surface area (Å²) in [6.07, 6.45) is 3.91. The summed E-state index contributed by atoms with van der Waals surface area (Å²) in [7, 11) is 0. The highest BCUT2D eigenvalue weighted by molar-refractivity contribution is 5.17. The second kappa shape index (κ2) is 8.89. The van der Waals surface area contributed by atoms with Crippen molar-refractivity contribution in [3.8, 4) is 0 Å². The maximum atomic E-state index is 13.8. The van der Waals surface area contributed by atoms with Crippen LogP contribution in [0.1, 0.15) is 31.5 Å². The van der Waals surface area contributed by atoms with Crippen molar-refractivity contribution in [1.29, 1.82) is 0 Å². The van der Waals surface area contributed by atoms with Crippen molar-refractivity contribution in [2.75, 3.05) is 32.7 Å². The second-order valence-electron chi connectivity index (χ2n) is 7.91. The van der Waals surface area contributed by atoms with E-state index in [1.54, 1.807) is 18.3 Å². The molecule has 1 aromatic carbocycles. The van der Waals surface area contributed by atoms with Gasteiger partial charge in [-0.25, -0.2) is 8.78 Å². The quantitative estimate of drug-likeness (QED) is 0.733. The Hall–Kier alpha value is -1.85. The van der Waals surface area contributed by atoms with E-state index in [1.165, 1.54) is 12.1 Å². The molecule has 0 amide bonds. The van der Waals surface area contributed by atoms with E-state index in [4.69, 9.17) is 0 Å². The van der Waals surface area contributed by atoms with E-state index >= 15 is 0 Å². The van der Waals surface area contributed by atoms with Crippen LogP contribution in [0, 0.1) is 11.6 Å². The molecule has 1 saturated heterocycles. The Kier molecular flexibility index (Phi) is 6.55. The number of hydrogen-bond donors (Lipinski definition) is 0. The van der Waals surface area contributed by atoms with Crippen molar-refractivity contribution in [2.24, 2.45) is 0 Å². The van der Waals surface area contributed by atoms with Crippen LogP contribution in [-0.4, -0.2) is 53.0 Å². The highest BCUT2D eigenvalue weighted by Crippen LogP contribution is 2.23. The number of aryl methyl sites for hydroxylation is 1. The first-order valence-electron chi connectivity index (χ1n) is 9.76. The average molecular weight is 373 g/mol. The molecule has 0 N–H and O–H groups in total. The van der Waals surface area contributed by atoms with E-state index in [-0.39, 0.29) is 17.2 Å². The van der Waals surface area contributed by atoms with Crippen LogP contribution in [-0.2, 0) is 12.8 Å². The molecule has 5 heteroatoms. The molecule has 0 aliphatic carbocycles. The number of aromatic nitrogens is 1. The Morgan fingerprint density at radius 2 is 1.63 bits per heavy atom. The highest BCUT2D eigenvalue weighted by Gasteiger charge is 2.30. The first-order valence-corrected chi connectivity index (χ1v) is 9.76. The third-order valence-electron chi connectivity index (χ3n) is 5.69. The van der Waals surface area contributed by atoms with Gasteiger partial charge in [-0.3, -0.25) is 9.88 Å². The van der Waals surface area contributed by atoms with Crippen LogP contribution < -0.4 is 0 Å². The van der Waals surface area contributed by atoms with Gasteiger partial charge in [-0.15, -0.1) is 0 Å². The molecule has 0 atom stereocenters. The van der Waals surface area contributed by atoms with Gasteiger partial charge in [0.05, 0.1) is 5.69 Å². The number of rotatable bonds is 7. The lowest BCUT2D eigenvalue weighted by Crippen LogP contribution is -2.55. The van der Waals surface area contributed by atoms with Gasteiger partial charge in [-0.1, -0.05) is 18.2 Å². The molecule has 1 aliphatic heterocycles. The Bertz CT molecular complexity index is 740. The van der Waals surface area contributed by atoms with Crippen LogP contribution in [0.3, 0.4) is 0 Å². The largest absolute Gasteiger partial charge is 0.300 e. The third-order valence-corrected chi connectivity index (χ3v) is 5.69. The van der Waals surface area contributed by atoms with Crippen LogP contribution >= 0.6 is 0 Å². The minimum absolute atomic E-state index is 0.00158. The molecule has 1 aliphatic rings. The van der Waals surface area contributed by atoms with Crippen LogP contribution in [0.5, 0.6) is 0 Å². The summed E-state index contributed by atoms with van der Waals surface area (Å²) >= 11 is 0.